The summed E-state index contributed by atoms with van der Waals surface area (Å²) in [5.41, 5.74) is 2.02. The highest BCUT2D eigenvalue weighted by molar-refractivity contribution is 5.96. The van der Waals surface area contributed by atoms with Crippen LogP contribution in [0.2, 0.25) is 0 Å². The van der Waals surface area contributed by atoms with Crippen LogP contribution < -0.4 is 4.74 Å². The Hall–Kier alpha value is -2.39. The molecule has 27 heavy (non-hydrogen) atoms. The normalized spacial score (nSPS) is 25.7. The van der Waals surface area contributed by atoms with Gasteiger partial charge in [-0.1, -0.05) is 61.0 Å². The molecule has 2 fully saturated rings. The monoisotopic (exact) mass is 361 g/mol. The largest absolute Gasteiger partial charge is 0.497 e. The van der Waals surface area contributed by atoms with E-state index in [0.717, 1.165) is 50.1 Å². The molecule has 1 aliphatic carbocycles. The summed E-state index contributed by atoms with van der Waals surface area (Å²) in [6.07, 6.45) is 8.28. The number of piperidine rings is 1. The van der Waals surface area contributed by atoms with Crippen molar-refractivity contribution >= 4 is 11.9 Å². The van der Waals surface area contributed by atoms with Crippen molar-refractivity contribution < 1.29 is 9.53 Å². The molecule has 0 N–H and O–H groups in total. The first kappa shape index (κ1) is 18.0. The zero-order valence-corrected chi connectivity index (χ0v) is 15.9. The Morgan fingerprint density at radius 1 is 1.15 bits per heavy atom. The van der Waals surface area contributed by atoms with E-state index in [2.05, 4.69) is 41.3 Å². The number of benzene rings is 2. The van der Waals surface area contributed by atoms with Crippen molar-refractivity contribution in [1.29, 1.82) is 0 Å². The van der Waals surface area contributed by atoms with E-state index in [0.29, 0.717) is 5.78 Å². The number of ether oxygens (including phenoxy) is 1. The van der Waals surface area contributed by atoms with Crippen LogP contribution in [-0.2, 0) is 10.2 Å². The molecule has 1 saturated heterocycles. The SMILES string of the molecule is COc1cccc([C@]23CCC[C@H](C2=O)N(CC=Cc2ccccc2)CC3)c1. The van der Waals surface area contributed by atoms with E-state index in [1.807, 2.05) is 30.3 Å². The summed E-state index contributed by atoms with van der Waals surface area (Å²) < 4.78 is 5.40. The molecule has 2 atom stereocenters. The number of ketones is 1. The minimum Gasteiger partial charge on any atom is -0.497 e. The molecule has 3 nitrogen and oxygen atoms in total. The Morgan fingerprint density at radius 2 is 2.00 bits per heavy atom. The van der Waals surface area contributed by atoms with E-state index in [9.17, 15) is 4.79 Å². The zero-order chi connectivity index (χ0) is 18.7. The topological polar surface area (TPSA) is 29.5 Å². The van der Waals surface area contributed by atoms with Gasteiger partial charge in [0.05, 0.1) is 18.6 Å². The molecular weight excluding hydrogens is 334 g/mol. The van der Waals surface area contributed by atoms with Gasteiger partial charge in [0.1, 0.15) is 5.75 Å². The second-order valence-electron chi connectivity index (χ2n) is 7.64. The molecule has 2 aromatic carbocycles. The molecule has 3 heteroatoms. The van der Waals surface area contributed by atoms with Crippen LogP contribution in [-0.4, -0.2) is 36.9 Å². The minimum absolute atomic E-state index is 0.0409. The lowest BCUT2D eigenvalue weighted by Gasteiger charge is -2.49. The van der Waals surface area contributed by atoms with Crippen molar-refractivity contribution in [2.75, 3.05) is 20.2 Å². The van der Waals surface area contributed by atoms with Crippen LogP contribution in [0.1, 0.15) is 36.8 Å². The molecule has 0 amide bonds. The molecule has 2 aliphatic rings. The highest BCUT2D eigenvalue weighted by Gasteiger charge is 2.50. The molecule has 4 rings (SSSR count). The number of fused-ring (bicyclic) bond motifs is 2. The van der Waals surface area contributed by atoms with Crippen molar-refractivity contribution in [2.45, 2.75) is 37.1 Å². The van der Waals surface area contributed by atoms with Crippen LogP contribution in [0, 0.1) is 0 Å². The van der Waals surface area contributed by atoms with Gasteiger partial charge in [-0.15, -0.1) is 0 Å². The fourth-order valence-corrected chi connectivity index (χ4v) is 4.72. The Bertz CT molecular complexity index is 829. The number of hydrogen-bond donors (Lipinski definition) is 0. The van der Waals surface area contributed by atoms with Gasteiger partial charge < -0.3 is 4.74 Å². The first-order valence-electron chi connectivity index (χ1n) is 9.87. The molecule has 0 unspecified atom stereocenters. The Labute approximate surface area is 161 Å². The zero-order valence-electron chi connectivity index (χ0n) is 15.9. The predicted octanol–water partition coefficient (Wildman–Crippen LogP) is 4.47. The fourth-order valence-electron chi connectivity index (χ4n) is 4.72. The number of Topliss-reactive ketones (excluding diaryl/α,β-unsaturated/α-hetero) is 1. The standard InChI is InChI=1S/C24H27NO2/c1-27-21-12-5-11-20(18-21)24-14-6-13-22(23(24)26)25(17-15-24)16-7-10-19-8-3-2-4-9-19/h2-5,7-12,18,22H,6,13-17H2,1H3/t22-,24-/m1/s1. The van der Waals surface area contributed by atoms with Crippen LogP contribution in [0.15, 0.2) is 60.7 Å². The Balaban J connectivity index is 1.52. The summed E-state index contributed by atoms with van der Waals surface area (Å²) >= 11 is 0. The fraction of sp³-hybridized carbons (Fsp3) is 0.375. The molecule has 2 aromatic rings. The van der Waals surface area contributed by atoms with Crippen molar-refractivity contribution in [3.8, 4) is 5.75 Å². The lowest BCUT2D eigenvalue weighted by Crippen LogP contribution is -2.59. The lowest BCUT2D eigenvalue weighted by atomic mass is 9.62. The van der Waals surface area contributed by atoms with Crippen molar-refractivity contribution in [3.63, 3.8) is 0 Å². The van der Waals surface area contributed by atoms with Gasteiger partial charge in [0.25, 0.3) is 0 Å². The van der Waals surface area contributed by atoms with E-state index in [4.69, 9.17) is 4.74 Å². The Kier molecular flexibility index (Phi) is 5.13. The maximum atomic E-state index is 13.5. The number of likely N-dealkylation sites (tertiary alicyclic amines) is 1. The molecule has 1 heterocycles. The summed E-state index contributed by atoms with van der Waals surface area (Å²) in [5.74, 6) is 1.24. The molecule has 1 aliphatic heterocycles. The molecule has 0 radical (unpaired) electrons. The van der Waals surface area contributed by atoms with E-state index in [-0.39, 0.29) is 11.5 Å². The highest BCUT2D eigenvalue weighted by Crippen LogP contribution is 2.45. The second kappa shape index (κ2) is 7.69. The smallest absolute Gasteiger partial charge is 0.160 e. The second-order valence-corrected chi connectivity index (χ2v) is 7.64. The van der Waals surface area contributed by atoms with E-state index in [1.165, 1.54) is 5.56 Å². The summed E-state index contributed by atoms with van der Waals surface area (Å²) in [7, 11) is 1.68. The number of hydrogen-bond acceptors (Lipinski definition) is 3. The summed E-state index contributed by atoms with van der Waals surface area (Å²) in [4.78, 5) is 15.8. The average Bonchev–Trinajstić information content (AvgIpc) is 2.71. The average molecular weight is 361 g/mol. The number of carbonyl (C=O) groups excluding carboxylic acids is 1. The lowest BCUT2D eigenvalue weighted by molar-refractivity contribution is -0.137. The third-order valence-electron chi connectivity index (χ3n) is 6.19. The molecule has 0 aromatic heterocycles. The van der Waals surface area contributed by atoms with Crippen LogP contribution in [0.5, 0.6) is 5.75 Å². The molecule has 2 bridgehead atoms. The van der Waals surface area contributed by atoms with Crippen LogP contribution in [0.4, 0.5) is 0 Å². The minimum atomic E-state index is -0.322. The van der Waals surface area contributed by atoms with Crippen molar-refractivity contribution in [1.82, 2.24) is 4.90 Å². The van der Waals surface area contributed by atoms with Gasteiger partial charge in [0.15, 0.2) is 5.78 Å². The quantitative estimate of drug-likeness (QED) is 0.787. The highest BCUT2D eigenvalue weighted by atomic mass is 16.5. The Morgan fingerprint density at radius 3 is 2.81 bits per heavy atom. The molecule has 140 valence electrons. The summed E-state index contributed by atoms with van der Waals surface area (Å²) in [5, 5.41) is 0. The maximum absolute atomic E-state index is 13.5. The van der Waals surface area contributed by atoms with Crippen LogP contribution in [0.25, 0.3) is 6.08 Å². The first-order valence-corrected chi connectivity index (χ1v) is 9.87. The van der Waals surface area contributed by atoms with E-state index < -0.39 is 0 Å². The summed E-state index contributed by atoms with van der Waals surface area (Å²) in [6, 6.07) is 18.5. The van der Waals surface area contributed by atoms with Gasteiger partial charge >= 0.3 is 0 Å². The molecular formula is C24H27NO2. The van der Waals surface area contributed by atoms with Crippen LogP contribution >= 0.6 is 0 Å². The number of carbonyl (C=O) groups is 1. The number of nitrogens with zero attached hydrogens (tertiary/aromatic N) is 1. The third-order valence-corrected chi connectivity index (χ3v) is 6.19. The van der Waals surface area contributed by atoms with Gasteiger partial charge in [-0.2, -0.15) is 0 Å². The predicted molar refractivity (Wildman–Crippen MR) is 109 cm³/mol. The third kappa shape index (κ3) is 3.44. The van der Waals surface area contributed by atoms with Gasteiger partial charge in [0, 0.05) is 13.1 Å². The molecule has 0 spiro atoms. The van der Waals surface area contributed by atoms with Gasteiger partial charge in [0.2, 0.25) is 0 Å². The number of rotatable bonds is 5. The van der Waals surface area contributed by atoms with Crippen molar-refractivity contribution in [3.05, 3.63) is 71.8 Å². The van der Waals surface area contributed by atoms with Gasteiger partial charge in [-0.05, 0) is 42.5 Å². The molecule has 1 saturated carbocycles. The summed E-state index contributed by atoms with van der Waals surface area (Å²) in [6.45, 7) is 1.80. The van der Waals surface area contributed by atoms with Gasteiger partial charge in [-0.3, -0.25) is 9.69 Å². The van der Waals surface area contributed by atoms with E-state index >= 15 is 0 Å². The number of methoxy groups -OCH3 is 1. The maximum Gasteiger partial charge on any atom is 0.160 e. The van der Waals surface area contributed by atoms with E-state index in [1.54, 1.807) is 7.11 Å². The first-order chi connectivity index (χ1) is 13.2. The van der Waals surface area contributed by atoms with Gasteiger partial charge in [-0.25, -0.2) is 0 Å². The van der Waals surface area contributed by atoms with Crippen LogP contribution in [0.3, 0.4) is 0 Å². The van der Waals surface area contributed by atoms with Crippen molar-refractivity contribution in [2.24, 2.45) is 0 Å².